The lowest BCUT2D eigenvalue weighted by atomic mass is 9.75. The molecule has 1 unspecified atom stereocenters. The molecule has 4 rings (SSSR count). The van der Waals surface area contributed by atoms with Crippen LogP contribution < -0.4 is 5.32 Å². The third-order valence-corrected chi connectivity index (χ3v) is 8.70. The SMILES string of the molecule is C[C@@H](OCC1(c2ccccc2)CC[C@@](C#N)(NC(=O)CCCCl)CN1C(=O)OCc1ccccc1)c1cc(C(F)(F)F)cc(C(F)(F)F)c1. The summed E-state index contributed by atoms with van der Waals surface area (Å²) in [4.78, 5) is 28.0. The van der Waals surface area contributed by atoms with E-state index in [0.717, 1.165) is 0 Å². The summed E-state index contributed by atoms with van der Waals surface area (Å²) in [5.41, 5.74) is -5.15. The van der Waals surface area contributed by atoms with Gasteiger partial charge in [-0.05, 0) is 61.1 Å². The predicted octanol–water partition coefficient (Wildman–Crippen LogP) is 8.53. The highest BCUT2D eigenvalue weighted by Crippen LogP contribution is 2.44. The fourth-order valence-corrected chi connectivity index (χ4v) is 5.86. The molecular weight excluding hydrogens is 676 g/mol. The number of nitrogens with zero attached hydrogens (tertiary/aromatic N) is 2. The molecule has 3 aromatic carbocycles. The van der Waals surface area contributed by atoms with Crippen molar-refractivity contribution in [2.75, 3.05) is 19.0 Å². The van der Waals surface area contributed by atoms with Gasteiger partial charge in [-0.15, -0.1) is 11.6 Å². The number of carbonyl (C=O) groups is 2. The fraction of sp³-hybridized carbons (Fsp3) is 0.400. The Morgan fingerprint density at radius 1 is 0.959 bits per heavy atom. The summed E-state index contributed by atoms with van der Waals surface area (Å²) in [6, 6.07) is 20.6. The minimum absolute atomic E-state index is 0.00388. The zero-order valence-electron chi connectivity index (χ0n) is 26.4. The number of nitriles is 1. The van der Waals surface area contributed by atoms with Crippen molar-refractivity contribution in [2.45, 2.75) is 68.7 Å². The van der Waals surface area contributed by atoms with E-state index < -0.39 is 59.3 Å². The number of amides is 2. The van der Waals surface area contributed by atoms with Gasteiger partial charge in [0, 0.05) is 12.3 Å². The smallest absolute Gasteiger partial charge is 0.416 e. The lowest BCUT2D eigenvalue weighted by molar-refractivity contribution is -0.143. The molecule has 3 atom stereocenters. The van der Waals surface area contributed by atoms with E-state index in [0.29, 0.717) is 29.7 Å². The van der Waals surface area contributed by atoms with E-state index >= 15 is 0 Å². The van der Waals surface area contributed by atoms with Gasteiger partial charge in [0.15, 0.2) is 0 Å². The largest absolute Gasteiger partial charge is 0.445 e. The molecule has 0 aliphatic carbocycles. The van der Waals surface area contributed by atoms with Gasteiger partial charge in [0.25, 0.3) is 0 Å². The number of hydrogen-bond donors (Lipinski definition) is 1. The molecule has 14 heteroatoms. The maximum absolute atomic E-state index is 14.0. The zero-order valence-corrected chi connectivity index (χ0v) is 27.2. The van der Waals surface area contributed by atoms with Crippen LogP contribution >= 0.6 is 11.6 Å². The number of piperidine rings is 1. The molecule has 262 valence electrons. The van der Waals surface area contributed by atoms with Crippen LogP contribution in [-0.4, -0.2) is 41.5 Å². The summed E-state index contributed by atoms with van der Waals surface area (Å²) in [6.07, 6.45) is -11.9. The fourth-order valence-electron chi connectivity index (χ4n) is 5.72. The molecule has 7 nitrogen and oxygen atoms in total. The van der Waals surface area contributed by atoms with Gasteiger partial charge in [0.1, 0.15) is 12.1 Å². The number of likely N-dealkylation sites (tertiary alicyclic amines) is 1. The standard InChI is InChI=1S/C35H34ClF6N3O4/c1-24(26-17-28(34(37,38)39)19-29(18-26)35(40,41)42)49-23-33(27-11-6-3-7-12-27)15-14-32(21-43,44-30(46)13-8-16-36)22-45(33)31(47)48-20-25-9-4-2-5-10-25/h2-7,9-12,17-19,24H,8,13-16,20,22-23H2,1H3,(H,44,46)/t24-,32+,33?/m1/s1. The van der Waals surface area contributed by atoms with Gasteiger partial charge in [-0.2, -0.15) is 31.6 Å². The number of rotatable bonds is 11. The van der Waals surface area contributed by atoms with Crippen molar-refractivity contribution in [3.05, 3.63) is 107 Å². The van der Waals surface area contributed by atoms with Gasteiger partial charge in [-0.3, -0.25) is 9.69 Å². The first-order valence-corrected chi connectivity index (χ1v) is 15.9. The highest BCUT2D eigenvalue weighted by atomic mass is 35.5. The topological polar surface area (TPSA) is 91.7 Å². The molecule has 1 aliphatic heterocycles. The van der Waals surface area contributed by atoms with Gasteiger partial charge >= 0.3 is 18.4 Å². The third-order valence-electron chi connectivity index (χ3n) is 8.43. The van der Waals surface area contributed by atoms with Crippen molar-refractivity contribution in [3.63, 3.8) is 0 Å². The summed E-state index contributed by atoms with van der Waals surface area (Å²) in [5.74, 6) is -0.240. The zero-order chi connectivity index (χ0) is 35.9. The number of halogens is 7. The van der Waals surface area contributed by atoms with E-state index in [9.17, 15) is 41.2 Å². The molecule has 0 bridgehead atoms. The first-order chi connectivity index (χ1) is 23.1. The van der Waals surface area contributed by atoms with Crippen molar-refractivity contribution >= 4 is 23.6 Å². The second-order valence-corrected chi connectivity index (χ2v) is 12.2. The summed E-state index contributed by atoms with van der Waals surface area (Å²) < 4.78 is 93.5. The Bertz CT molecular complexity index is 1600. The van der Waals surface area contributed by atoms with E-state index in [1.807, 2.05) is 0 Å². The number of carbonyl (C=O) groups excluding carboxylic acids is 2. The summed E-state index contributed by atoms with van der Waals surface area (Å²) in [7, 11) is 0. The highest BCUT2D eigenvalue weighted by Gasteiger charge is 2.53. The Hall–Kier alpha value is -4.28. The monoisotopic (exact) mass is 709 g/mol. The van der Waals surface area contributed by atoms with Crippen LogP contribution in [0.2, 0.25) is 0 Å². The molecule has 1 heterocycles. The minimum atomic E-state index is -5.06. The molecule has 0 aromatic heterocycles. The van der Waals surface area contributed by atoms with Crippen molar-refractivity contribution in [2.24, 2.45) is 0 Å². The molecule has 3 aromatic rings. The molecule has 2 amide bonds. The van der Waals surface area contributed by atoms with Crippen LogP contribution in [0.5, 0.6) is 0 Å². The van der Waals surface area contributed by atoms with E-state index in [1.54, 1.807) is 60.7 Å². The number of benzene rings is 3. The van der Waals surface area contributed by atoms with Crippen LogP contribution in [0.4, 0.5) is 31.1 Å². The van der Waals surface area contributed by atoms with E-state index in [2.05, 4.69) is 11.4 Å². The first-order valence-electron chi connectivity index (χ1n) is 15.4. The number of ether oxygens (including phenoxy) is 2. The van der Waals surface area contributed by atoms with Crippen molar-refractivity contribution in [1.29, 1.82) is 5.26 Å². The highest BCUT2D eigenvalue weighted by molar-refractivity contribution is 6.17. The van der Waals surface area contributed by atoms with E-state index in [1.165, 1.54) is 11.8 Å². The van der Waals surface area contributed by atoms with Gasteiger partial charge in [0.2, 0.25) is 5.91 Å². The molecular formula is C35H34ClF6N3O4. The van der Waals surface area contributed by atoms with Crippen molar-refractivity contribution in [1.82, 2.24) is 10.2 Å². The van der Waals surface area contributed by atoms with Crippen LogP contribution in [0.15, 0.2) is 78.9 Å². The molecule has 1 aliphatic rings. The van der Waals surface area contributed by atoms with Crippen LogP contribution in [0, 0.1) is 11.3 Å². The van der Waals surface area contributed by atoms with Crippen molar-refractivity contribution < 1.29 is 45.4 Å². The Morgan fingerprint density at radius 2 is 1.55 bits per heavy atom. The Kier molecular flexibility index (Phi) is 11.9. The number of alkyl halides is 7. The molecule has 1 fully saturated rings. The average molecular weight is 710 g/mol. The lowest BCUT2D eigenvalue weighted by Crippen LogP contribution is -2.66. The molecule has 0 spiro atoms. The van der Waals surface area contributed by atoms with Gasteiger partial charge in [-0.1, -0.05) is 60.7 Å². The van der Waals surface area contributed by atoms with Crippen LogP contribution in [-0.2, 0) is 38.8 Å². The van der Waals surface area contributed by atoms with Crippen LogP contribution in [0.25, 0.3) is 0 Å². The van der Waals surface area contributed by atoms with E-state index in [4.69, 9.17) is 21.1 Å². The normalized spacial score (nSPS) is 20.3. The summed E-state index contributed by atoms with van der Waals surface area (Å²) >= 11 is 5.74. The quantitative estimate of drug-likeness (QED) is 0.159. The molecule has 1 saturated heterocycles. The average Bonchev–Trinajstić information content (AvgIpc) is 3.09. The lowest BCUT2D eigenvalue weighted by Gasteiger charge is -2.51. The maximum atomic E-state index is 14.0. The predicted molar refractivity (Wildman–Crippen MR) is 168 cm³/mol. The second-order valence-electron chi connectivity index (χ2n) is 11.9. The first kappa shape index (κ1) is 37.5. The van der Waals surface area contributed by atoms with Crippen LogP contribution in [0.3, 0.4) is 0 Å². The number of hydrogen-bond acceptors (Lipinski definition) is 5. The Balaban J connectivity index is 1.74. The minimum Gasteiger partial charge on any atom is -0.445 e. The van der Waals surface area contributed by atoms with Gasteiger partial charge in [0.05, 0.1) is 42.0 Å². The maximum Gasteiger partial charge on any atom is 0.416 e. The van der Waals surface area contributed by atoms with Gasteiger partial charge < -0.3 is 14.8 Å². The van der Waals surface area contributed by atoms with E-state index in [-0.39, 0.29) is 49.9 Å². The Labute approximate surface area is 284 Å². The molecule has 0 radical (unpaired) electrons. The summed E-state index contributed by atoms with van der Waals surface area (Å²) in [5, 5.41) is 13.1. The summed E-state index contributed by atoms with van der Waals surface area (Å²) in [6.45, 7) is 0.395. The molecule has 0 saturated carbocycles. The van der Waals surface area contributed by atoms with Crippen molar-refractivity contribution in [3.8, 4) is 6.07 Å². The molecule has 49 heavy (non-hydrogen) atoms. The third kappa shape index (κ3) is 9.25. The molecule has 1 N–H and O–H groups in total. The number of nitrogens with one attached hydrogen (secondary N) is 1. The second kappa shape index (κ2) is 15.5. The van der Waals surface area contributed by atoms with Crippen LogP contribution in [0.1, 0.15) is 66.5 Å². The van der Waals surface area contributed by atoms with Gasteiger partial charge in [-0.25, -0.2) is 4.79 Å². The Morgan fingerprint density at radius 3 is 2.10 bits per heavy atom.